The molecule has 0 aromatic heterocycles. The minimum absolute atomic E-state index is 0.484. The first-order valence-electron chi connectivity index (χ1n) is 5.81. The van der Waals surface area contributed by atoms with E-state index >= 15 is 0 Å². The van der Waals surface area contributed by atoms with Crippen molar-refractivity contribution in [3.05, 3.63) is 35.4 Å². The molecule has 1 fully saturated rings. The molecule has 82 valence electrons. The highest BCUT2D eigenvalue weighted by molar-refractivity contribution is 5.28. The van der Waals surface area contributed by atoms with Crippen LogP contribution >= 0.6 is 0 Å². The molecule has 2 rings (SSSR count). The molecule has 1 unspecified atom stereocenters. The lowest BCUT2D eigenvalue weighted by atomic mass is 9.97. The Morgan fingerprint density at radius 1 is 1.27 bits per heavy atom. The van der Waals surface area contributed by atoms with Crippen LogP contribution in [0.3, 0.4) is 0 Å². The lowest BCUT2D eigenvalue weighted by Gasteiger charge is -2.25. The van der Waals surface area contributed by atoms with E-state index < -0.39 is 0 Å². The summed E-state index contributed by atoms with van der Waals surface area (Å²) in [5.74, 6) is 0.612. The lowest BCUT2D eigenvalue weighted by molar-refractivity contribution is 0.430. The number of hydrogen-bond donors (Lipinski definition) is 2. The Labute approximate surface area is 92.1 Å². The zero-order valence-corrected chi connectivity index (χ0v) is 9.59. The van der Waals surface area contributed by atoms with Crippen LogP contribution in [0, 0.1) is 0 Å². The van der Waals surface area contributed by atoms with Crippen LogP contribution < -0.4 is 10.6 Å². The second-order valence-electron chi connectivity index (χ2n) is 4.54. The molecule has 1 heterocycles. The maximum atomic E-state index is 3.54. The fourth-order valence-electron chi connectivity index (χ4n) is 2.02. The predicted molar refractivity (Wildman–Crippen MR) is 64.1 cm³/mol. The Morgan fingerprint density at radius 2 is 2.13 bits per heavy atom. The highest BCUT2D eigenvalue weighted by Gasteiger charge is 2.14. The summed E-state index contributed by atoms with van der Waals surface area (Å²) in [7, 11) is 0. The first kappa shape index (κ1) is 10.7. The minimum Gasteiger partial charge on any atom is -0.314 e. The summed E-state index contributed by atoms with van der Waals surface area (Å²) in [5, 5.41) is 6.96. The van der Waals surface area contributed by atoms with E-state index in [0.717, 1.165) is 19.6 Å². The fourth-order valence-corrected chi connectivity index (χ4v) is 2.02. The number of nitrogens with one attached hydrogen (secondary N) is 2. The van der Waals surface area contributed by atoms with Crippen LogP contribution in [0.5, 0.6) is 0 Å². The van der Waals surface area contributed by atoms with Gasteiger partial charge in [0.05, 0.1) is 0 Å². The van der Waals surface area contributed by atoms with Gasteiger partial charge in [-0.05, 0) is 17.0 Å². The Hall–Kier alpha value is -0.860. The quantitative estimate of drug-likeness (QED) is 0.770. The Morgan fingerprint density at radius 3 is 2.80 bits per heavy atom. The van der Waals surface area contributed by atoms with Gasteiger partial charge >= 0.3 is 0 Å². The van der Waals surface area contributed by atoms with E-state index in [9.17, 15) is 0 Å². The summed E-state index contributed by atoms with van der Waals surface area (Å²) in [6.45, 7) is 7.68. The van der Waals surface area contributed by atoms with Crippen LogP contribution in [0.1, 0.15) is 36.9 Å². The molecule has 0 aliphatic carbocycles. The second kappa shape index (κ2) is 4.77. The largest absolute Gasteiger partial charge is 0.314 e. The van der Waals surface area contributed by atoms with Gasteiger partial charge in [-0.15, -0.1) is 0 Å². The van der Waals surface area contributed by atoms with Crippen LogP contribution in [-0.4, -0.2) is 19.6 Å². The topological polar surface area (TPSA) is 24.1 Å². The predicted octanol–water partition coefficient (Wildman–Crippen LogP) is 2.04. The van der Waals surface area contributed by atoms with Crippen molar-refractivity contribution in [2.45, 2.75) is 25.8 Å². The Kier molecular flexibility index (Phi) is 3.39. The molecule has 15 heavy (non-hydrogen) atoms. The minimum atomic E-state index is 0.484. The molecule has 0 bridgehead atoms. The highest BCUT2D eigenvalue weighted by Crippen LogP contribution is 2.20. The molecule has 1 saturated heterocycles. The molecule has 2 N–H and O–H groups in total. The third-order valence-electron chi connectivity index (χ3n) is 3.02. The van der Waals surface area contributed by atoms with Crippen LogP contribution in [0.4, 0.5) is 0 Å². The zero-order valence-electron chi connectivity index (χ0n) is 9.59. The summed E-state index contributed by atoms with van der Waals surface area (Å²) < 4.78 is 0. The molecule has 0 amide bonds. The summed E-state index contributed by atoms with van der Waals surface area (Å²) in [4.78, 5) is 0. The fraction of sp³-hybridized carbons (Fsp3) is 0.538. The van der Waals surface area contributed by atoms with Crippen molar-refractivity contribution in [1.82, 2.24) is 10.6 Å². The van der Waals surface area contributed by atoms with Gasteiger partial charge in [0, 0.05) is 25.7 Å². The first-order chi connectivity index (χ1) is 7.27. The van der Waals surface area contributed by atoms with E-state index in [1.807, 2.05) is 0 Å². The lowest BCUT2D eigenvalue weighted by Crippen LogP contribution is -2.42. The van der Waals surface area contributed by atoms with Crippen molar-refractivity contribution >= 4 is 0 Å². The number of hydrogen-bond acceptors (Lipinski definition) is 2. The normalized spacial score (nSPS) is 21.9. The van der Waals surface area contributed by atoms with E-state index in [1.165, 1.54) is 11.1 Å². The average molecular weight is 204 g/mol. The van der Waals surface area contributed by atoms with Gasteiger partial charge in [0.1, 0.15) is 0 Å². The molecule has 1 aromatic carbocycles. The van der Waals surface area contributed by atoms with Gasteiger partial charge in [-0.2, -0.15) is 0 Å². The molecule has 1 atom stereocenters. The Balaban J connectivity index is 2.16. The molecule has 1 aliphatic rings. The van der Waals surface area contributed by atoms with Gasteiger partial charge < -0.3 is 10.6 Å². The van der Waals surface area contributed by atoms with Crippen LogP contribution in [0.25, 0.3) is 0 Å². The number of benzene rings is 1. The molecule has 2 nitrogen and oxygen atoms in total. The third-order valence-corrected chi connectivity index (χ3v) is 3.02. The summed E-state index contributed by atoms with van der Waals surface area (Å²) in [6.07, 6.45) is 0. The van der Waals surface area contributed by atoms with E-state index in [-0.39, 0.29) is 0 Å². The van der Waals surface area contributed by atoms with Gasteiger partial charge in [0.25, 0.3) is 0 Å². The standard InChI is InChI=1S/C13H20N2/c1-10(2)11-4-3-5-12(8-11)13-9-14-6-7-15-13/h3-5,8,10,13-15H,6-7,9H2,1-2H3. The molecular weight excluding hydrogens is 184 g/mol. The van der Waals surface area contributed by atoms with E-state index in [1.54, 1.807) is 0 Å². The van der Waals surface area contributed by atoms with E-state index in [4.69, 9.17) is 0 Å². The van der Waals surface area contributed by atoms with Gasteiger partial charge in [-0.25, -0.2) is 0 Å². The molecular formula is C13H20N2. The maximum absolute atomic E-state index is 3.54. The number of rotatable bonds is 2. The Bertz CT molecular complexity index is 314. The van der Waals surface area contributed by atoms with Crippen LogP contribution in [-0.2, 0) is 0 Å². The summed E-state index contributed by atoms with van der Waals surface area (Å²) in [5.41, 5.74) is 2.84. The molecule has 0 spiro atoms. The third kappa shape index (κ3) is 2.58. The van der Waals surface area contributed by atoms with Gasteiger partial charge in [-0.1, -0.05) is 38.1 Å². The first-order valence-corrected chi connectivity index (χ1v) is 5.81. The van der Waals surface area contributed by atoms with E-state index in [2.05, 4.69) is 48.7 Å². The number of piperazine rings is 1. The second-order valence-corrected chi connectivity index (χ2v) is 4.54. The SMILES string of the molecule is CC(C)c1cccc(C2CNCCN2)c1. The monoisotopic (exact) mass is 204 g/mol. The van der Waals surface area contributed by atoms with E-state index in [0.29, 0.717) is 12.0 Å². The van der Waals surface area contributed by atoms with Crippen LogP contribution in [0.15, 0.2) is 24.3 Å². The summed E-state index contributed by atoms with van der Waals surface area (Å²) in [6, 6.07) is 9.41. The highest BCUT2D eigenvalue weighted by atomic mass is 15.1. The summed E-state index contributed by atoms with van der Waals surface area (Å²) >= 11 is 0. The molecule has 0 saturated carbocycles. The van der Waals surface area contributed by atoms with Crippen molar-refractivity contribution in [3.63, 3.8) is 0 Å². The zero-order chi connectivity index (χ0) is 10.7. The van der Waals surface area contributed by atoms with Crippen molar-refractivity contribution in [1.29, 1.82) is 0 Å². The smallest absolute Gasteiger partial charge is 0.0447 e. The van der Waals surface area contributed by atoms with Gasteiger partial charge in [-0.3, -0.25) is 0 Å². The van der Waals surface area contributed by atoms with Gasteiger partial charge in [0.2, 0.25) is 0 Å². The molecule has 0 radical (unpaired) electrons. The maximum Gasteiger partial charge on any atom is 0.0447 e. The van der Waals surface area contributed by atoms with Crippen LogP contribution in [0.2, 0.25) is 0 Å². The van der Waals surface area contributed by atoms with Gasteiger partial charge in [0.15, 0.2) is 0 Å². The van der Waals surface area contributed by atoms with Crippen molar-refractivity contribution < 1.29 is 0 Å². The van der Waals surface area contributed by atoms with Crippen molar-refractivity contribution in [2.24, 2.45) is 0 Å². The van der Waals surface area contributed by atoms with Crippen molar-refractivity contribution in [2.75, 3.05) is 19.6 Å². The van der Waals surface area contributed by atoms with Crippen molar-refractivity contribution in [3.8, 4) is 0 Å². The molecule has 1 aromatic rings. The average Bonchev–Trinajstić information content (AvgIpc) is 2.30. The molecule has 2 heteroatoms. The molecule has 1 aliphatic heterocycles.